The first kappa shape index (κ1) is 8.25. The van der Waals surface area contributed by atoms with E-state index in [9.17, 15) is 22.0 Å². The second-order valence-electron chi connectivity index (χ2n) is 1.15. The minimum Gasteiger partial charge on any atom is -0.204 e. The van der Waals surface area contributed by atoms with E-state index >= 15 is 0 Å². The predicted octanol–water partition coefficient (Wildman–Crippen LogP) is 2.17. The fourth-order valence-electron chi connectivity index (χ4n) is 0.0634. The molecule has 0 unspecified atom stereocenters. The van der Waals surface area contributed by atoms with Gasteiger partial charge in [0.25, 0.3) is 0 Å². The molecular formula is C2HF5N2. The van der Waals surface area contributed by atoms with E-state index in [0.717, 1.165) is 5.11 Å². The standard InChI is InChI=1S/C2HF5N2/c3-1(4,5)2(6,7)9-8/h8H. The molecule has 7 heteroatoms. The first-order valence-electron chi connectivity index (χ1n) is 1.64. The van der Waals surface area contributed by atoms with Crippen molar-refractivity contribution in [2.45, 2.75) is 12.2 Å². The molecule has 0 spiro atoms. The molecule has 0 aromatic carbocycles. The number of halogens is 5. The van der Waals surface area contributed by atoms with Crippen LogP contribution in [0.4, 0.5) is 22.0 Å². The Morgan fingerprint density at radius 3 is 1.33 bits per heavy atom. The van der Waals surface area contributed by atoms with Gasteiger partial charge in [-0.3, -0.25) is 0 Å². The van der Waals surface area contributed by atoms with Gasteiger partial charge in [-0.1, -0.05) is 0 Å². The summed E-state index contributed by atoms with van der Waals surface area (Å²) >= 11 is 0. The molecule has 0 aromatic rings. The molecule has 0 aliphatic heterocycles. The van der Waals surface area contributed by atoms with Gasteiger partial charge in [-0.25, -0.2) is 5.53 Å². The highest BCUT2D eigenvalue weighted by Crippen LogP contribution is 2.35. The van der Waals surface area contributed by atoms with Crippen molar-refractivity contribution < 1.29 is 22.0 Å². The van der Waals surface area contributed by atoms with E-state index in [1.54, 1.807) is 0 Å². The molecule has 54 valence electrons. The highest BCUT2D eigenvalue weighted by Gasteiger charge is 2.58. The zero-order chi connectivity index (χ0) is 7.71. The number of hydrogen-bond donors (Lipinski definition) is 1. The molecule has 0 atom stereocenters. The quantitative estimate of drug-likeness (QED) is 0.336. The van der Waals surface area contributed by atoms with Crippen LogP contribution in [0.25, 0.3) is 0 Å². The smallest absolute Gasteiger partial charge is 0.204 e. The summed E-state index contributed by atoms with van der Waals surface area (Å²) in [5, 5.41) is 1.08. The van der Waals surface area contributed by atoms with Gasteiger partial charge in [-0.05, 0) is 0 Å². The number of nitrogens with zero attached hydrogens (tertiary/aromatic N) is 1. The highest BCUT2D eigenvalue weighted by molar-refractivity contribution is 4.68. The maximum atomic E-state index is 11.2. The van der Waals surface area contributed by atoms with E-state index in [4.69, 9.17) is 5.53 Å². The molecule has 0 rings (SSSR count). The van der Waals surface area contributed by atoms with Gasteiger partial charge in [0.05, 0.1) is 0 Å². The van der Waals surface area contributed by atoms with Crippen molar-refractivity contribution in [2.24, 2.45) is 5.11 Å². The molecule has 0 radical (unpaired) electrons. The monoisotopic (exact) mass is 148 g/mol. The zero-order valence-corrected chi connectivity index (χ0v) is 3.84. The lowest BCUT2D eigenvalue weighted by Gasteiger charge is -2.11. The van der Waals surface area contributed by atoms with Crippen molar-refractivity contribution in [3.8, 4) is 0 Å². The van der Waals surface area contributed by atoms with Crippen molar-refractivity contribution in [3.05, 3.63) is 0 Å². The minimum atomic E-state index is -5.74. The Kier molecular flexibility index (Phi) is 1.73. The molecule has 2 nitrogen and oxygen atoms in total. The number of hydrogen-bond acceptors (Lipinski definition) is 2. The van der Waals surface area contributed by atoms with E-state index in [0.29, 0.717) is 0 Å². The molecule has 0 saturated carbocycles. The molecule has 0 amide bonds. The van der Waals surface area contributed by atoms with Crippen LogP contribution in [0.5, 0.6) is 0 Å². The lowest BCUT2D eigenvalue weighted by molar-refractivity contribution is -0.281. The second kappa shape index (κ2) is 1.89. The molecule has 1 N–H and O–H groups in total. The van der Waals surface area contributed by atoms with Crippen LogP contribution in [0.15, 0.2) is 5.11 Å². The first-order chi connectivity index (χ1) is 3.81. The van der Waals surface area contributed by atoms with Crippen molar-refractivity contribution in [1.29, 1.82) is 5.53 Å². The average molecular weight is 148 g/mol. The van der Waals surface area contributed by atoms with Crippen molar-refractivity contribution in [1.82, 2.24) is 0 Å². The summed E-state index contributed by atoms with van der Waals surface area (Å²) in [6, 6.07) is -5.23. The first-order valence-corrected chi connectivity index (χ1v) is 1.64. The highest BCUT2D eigenvalue weighted by atomic mass is 19.4. The summed E-state index contributed by atoms with van der Waals surface area (Å²) in [7, 11) is 0. The third kappa shape index (κ3) is 1.58. The number of alkyl halides is 5. The van der Waals surface area contributed by atoms with Gasteiger partial charge in [0.1, 0.15) is 0 Å². The van der Waals surface area contributed by atoms with Crippen LogP contribution in [0.1, 0.15) is 0 Å². The Hall–Kier alpha value is -0.750. The van der Waals surface area contributed by atoms with Gasteiger partial charge in [0, 0.05) is 0 Å². The molecular weight excluding hydrogens is 147 g/mol. The van der Waals surface area contributed by atoms with E-state index in [2.05, 4.69) is 0 Å². The summed E-state index contributed by atoms with van der Waals surface area (Å²) in [4.78, 5) is 0. The molecule has 0 saturated heterocycles. The number of rotatable bonds is 1. The van der Waals surface area contributed by atoms with Crippen LogP contribution < -0.4 is 0 Å². The van der Waals surface area contributed by atoms with E-state index in [1.807, 2.05) is 0 Å². The second-order valence-corrected chi connectivity index (χ2v) is 1.15. The van der Waals surface area contributed by atoms with Crippen LogP contribution >= 0.6 is 0 Å². The number of nitrogens with one attached hydrogen (secondary N) is 1. The fourth-order valence-corrected chi connectivity index (χ4v) is 0.0634. The van der Waals surface area contributed by atoms with Gasteiger partial charge in [-0.2, -0.15) is 22.0 Å². The molecule has 0 aromatic heterocycles. The van der Waals surface area contributed by atoms with Crippen LogP contribution in [0.2, 0.25) is 0 Å². The van der Waals surface area contributed by atoms with Crippen molar-refractivity contribution in [3.63, 3.8) is 0 Å². The Labute approximate surface area is 46.2 Å². The van der Waals surface area contributed by atoms with Crippen LogP contribution in [-0.4, -0.2) is 12.2 Å². The third-order valence-corrected chi connectivity index (χ3v) is 0.481. The zero-order valence-electron chi connectivity index (χ0n) is 3.84. The van der Waals surface area contributed by atoms with Gasteiger partial charge in [0.15, 0.2) is 0 Å². The Balaban J connectivity index is 4.32. The van der Waals surface area contributed by atoms with E-state index < -0.39 is 12.2 Å². The lowest BCUT2D eigenvalue weighted by atomic mass is 10.6. The SMILES string of the molecule is N=NC(F)(F)C(F)(F)F. The maximum absolute atomic E-state index is 11.2. The maximum Gasteiger partial charge on any atom is 0.479 e. The third-order valence-electron chi connectivity index (χ3n) is 0.481. The molecule has 0 heterocycles. The van der Waals surface area contributed by atoms with Crippen molar-refractivity contribution >= 4 is 0 Å². The molecule has 0 aliphatic carbocycles. The Morgan fingerprint density at radius 2 is 1.33 bits per heavy atom. The predicted molar refractivity (Wildman–Crippen MR) is 16.1 cm³/mol. The molecule has 0 bridgehead atoms. The van der Waals surface area contributed by atoms with Gasteiger partial charge in [0.2, 0.25) is 0 Å². The molecule has 9 heavy (non-hydrogen) atoms. The summed E-state index contributed by atoms with van der Waals surface area (Å²) in [5.74, 6) is 0. The van der Waals surface area contributed by atoms with E-state index in [-0.39, 0.29) is 0 Å². The normalized spacial score (nSPS) is 13.4. The lowest BCUT2D eigenvalue weighted by Crippen LogP contribution is -2.33. The fraction of sp³-hybridized carbons (Fsp3) is 1.00. The summed E-state index contributed by atoms with van der Waals surface area (Å²) in [5.41, 5.74) is 5.42. The summed E-state index contributed by atoms with van der Waals surface area (Å²) in [6.45, 7) is 0. The van der Waals surface area contributed by atoms with Gasteiger partial charge < -0.3 is 0 Å². The van der Waals surface area contributed by atoms with E-state index in [1.165, 1.54) is 0 Å². The summed E-state index contributed by atoms with van der Waals surface area (Å²) in [6.07, 6.45) is -5.74. The minimum absolute atomic E-state index is 1.08. The van der Waals surface area contributed by atoms with Crippen LogP contribution in [-0.2, 0) is 0 Å². The Morgan fingerprint density at radius 1 is 1.00 bits per heavy atom. The van der Waals surface area contributed by atoms with Gasteiger partial charge >= 0.3 is 12.2 Å². The molecule has 0 fully saturated rings. The largest absolute Gasteiger partial charge is 0.479 e. The average Bonchev–Trinajstić information content (AvgIpc) is 1.64. The van der Waals surface area contributed by atoms with Crippen LogP contribution in [0.3, 0.4) is 0 Å². The summed E-state index contributed by atoms with van der Waals surface area (Å²) < 4.78 is 55.0. The van der Waals surface area contributed by atoms with Crippen molar-refractivity contribution in [2.75, 3.05) is 0 Å². The van der Waals surface area contributed by atoms with Crippen LogP contribution in [0, 0.1) is 5.53 Å². The van der Waals surface area contributed by atoms with Gasteiger partial charge in [-0.15, -0.1) is 5.11 Å². The topological polar surface area (TPSA) is 36.2 Å². The molecule has 0 aliphatic rings. The Bertz CT molecular complexity index is 115.